The Morgan fingerprint density at radius 2 is 2.35 bits per heavy atom. The van der Waals surface area contributed by atoms with Crippen LogP contribution >= 0.6 is 12.2 Å². The highest BCUT2D eigenvalue weighted by Gasteiger charge is 2.02. The normalized spacial score (nSPS) is 10.2. The van der Waals surface area contributed by atoms with E-state index in [0.29, 0.717) is 18.1 Å². The average molecular weight is 248 g/mol. The van der Waals surface area contributed by atoms with Crippen LogP contribution in [-0.4, -0.2) is 24.7 Å². The lowest BCUT2D eigenvalue weighted by molar-refractivity contribution is 0.810. The summed E-state index contributed by atoms with van der Waals surface area (Å²) in [5.74, 6) is 1.53. The SMILES string of the molecule is Cn1cnnc1CNc1cccc(C(N)=S)n1. The number of nitrogens with two attached hydrogens (primary N) is 1. The molecule has 17 heavy (non-hydrogen) atoms. The van der Waals surface area contributed by atoms with Crippen molar-refractivity contribution in [3.05, 3.63) is 36.0 Å². The first-order valence-corrected chi connectivity index (χ1v) is 5.41. The maximum absolute atomic E-state index is 5.51. The van der Waals surface area contributed by atoms with Gasteiger partial charge in [0.05, 0.1) is 12.2 Å². The van der Waals surface area contributed by atoms with Crippen LogP contribution in [0.2, 0.25) is 0 Å². The number of pyridine rings is 1. The van der Waals surface area contributed by atoms with Gasteiger partial charge >= 0.3 is 0 Å². The van der Waals surface area contributed by atoms with Crippen molar-refractivity contribution >= 4 is 23.0 Å². The molecular weight excluding hydrogens is 236 g/mol. The van der Waals surface area contributed by atoms with Crippen molar-refractivity contribution in [2.75, 3.05) is 5.32 Å². The molecule has 2 rings (SSSR count). The quantitative estimate of drug-likeness (QED) is 0.765. The first kappa shape index (κ1) is 11.5. The first-order valence-electron chi connectivity index (χ1n) is 5.00. The topological polar surface area (TPSA) is 81.7 Å². The Hall–Kier alpha value is -2.02. The summed E-state index contributed by atoms with van der Waals surface area (Å²) in [7, 11) is 1.88. The van der Waals surface area contributed by atoms with Crippen molar-refractivity contribution in [2.45, 2.75) is 6.54 Å². The predicted molar refractivity (Wildman–Crippen MR) is 68.5 cm³/mol. The molecule has 3 N–H and O–H groups in total. The van der Waals surface area contributed by atoms with Gasteiger partial charge in [0.25, 0.3) is 0 Å². The molecule has 2 aromatic rings. The number of hydrogen-bond donors (Lipinski definition) is 2. The molecule has 2 aromatic heterocycles. The van der Waals surface area contributed by atoms with E-state index in [1.165, 1.54) is 0 Å². The maximum atomic E-state index is 5.51. The van der Waals surface area contributed by atoms with E-state index in [0.717, 1.165) is 5.82 Å². The minimum Gasteiger partial charge on any atom is -0.388 e. The third-order valence-corrected chi connectivity index (χ3v) is 2.44. The van der Waals surface area contributed by atoms with Crippen LogP contribution in [0.4, 0.5) is 5.82 Å². The Labute approximate surface area is 104 Å². The summed E-state index contributed by atoms with van der Waals surface area (Å²) >= 11 is 4.87. The van der Waals surface area contributed by atoms with Crippen molar-refractivity contribution < 1.29 is 0 Å². The van der Waals surface area contributed by atoms with Gasteiger partial charge < -0.3 is 15.6 Å². The molecule has 0 fully saturated rings. The van der Waals surface area contributed by atoms with E-state index in [2.05, 4.69) is 20.5 Å². The summed E-state index contributed by atoms with van der Waals surface area (Å²) in [6, 6.07) is 5.47. The monoisotopic (exact) mass is 248 g/mol. The van der Waals surface area contributed by atoms with Gasteiger partial charge in [-0.05, 0) is 12.1 Å². The van der Waals surface area contributed by atoms with Crippen LogP contribution in [0.15, 0.2) is 24.5 Å². The van der Waals surface area contributed by atoms with Crippen molar-refractivity contribution in [3.63, 3.8) is 0 Å². The van der Waals surface area contributed by atoms with Crippen molar-refractivity contribution in [2.24, 2.45) is 12.8 Å². The minimum atomic E-state index is 0.285. The number of aromatic nitrogens is 4. The zero-order valence-corrected chi connectivity index (χ0v) is 10.1. The van der Waals surface area contributed by atoms with Gasteiger partial charge in [-0.3, -0.25) is 0 Å². The molecule has 7 heteroatoms. The number of aryl methyl sites for hydroxylation is 1. The Bertz CT molecular complexity index is 535. The summed E-state index contributed by atoms with van der Waals surface area (Å²) in [5, 5.41) is 10.9. The van der Waals surface area contributed by atoms with Gasteiger partial charge in [0, 0.05) is 7.05 Å². The molecule has 0 bridgehead atoms. The van der Waals surface area contributed by atoms with E-state index in [1.807, 2.05) is 23.7 Å². The zero-order valence-electron chi connectivity index (χ0n) is 9.29. The van der Waals surface area contributed by atoms with Gasteiger partial charge in [-0.2, -0.15) is 0 Å². The first-order chi connectivity index (χ1) is 8.16. The smallest absolute Gasteiger partial charge is 0.151 e. The predicted octanol–water partition coefficient (Wildman–Crippen LogP) is 0.456. The summed E-state index contributed by atoms with van der Waals surface area (Å²) in [5.41, 5.74) is 6.11. The van der Waals surface area contributed by atoms with Gasteiger partial charge in [0.2, 0.25) is 0 Å². The van der Waals surface area contributed by atoms with E-state index in [1.54, 1.807) is 12.4 Å². The van der Waals surface area contributed by atoms with E-state index >= 15 is 0 Å². The molecule has 6 nitrogen and oxygen atoms in total. The van der Waals surface area contributed by atoms with Crippen molar-refractivity contribution in [3.8, 4) is 0 Å². The lowest BCUT2D eigenvalue weighted by atomic mass is 10.3. The highest BCUT2D eigenvalue weighted by Crippen LogP contribution is 2.06. The van der Waals surface area contributed by atoms with Gasteiger partial charge in [-0.25, -0.2) is 4.98 Å². The highest BCUT2D eigenvalue weighted by atomic mass is 32.1. The molecule has 0 amide bonds. The fourth-order valence-electron chi connectivity index (χ4n) is 1.31. The second-order valence-corrected chi connectivity index (χ2v) is 3.92. The van der Waals surface area contributed by atoms with Crippen LogP contribution in [0, 0.1) is 0 Å². The lowest BCUT2D eigenvalue weighted by Crippen LogP contribution is -2.13. The Kier molecular flexibility index (Phi) is 3.29. The number of nitrogens with zero attached hydrogens (tertiary/aromatic N) is 4. The average Bonchev–Trinajstić information content (AvgIpc) is 2.72. The highest BCUT2D eigenvalue weighted by molar-refractivity contribution is 7.80. The van der Waals surface area contributed by atoms with Crippen LogP contribution in [0.25, 0.3) is 0 Å². The van der Waals surface area contributed by atoms with Crippen LogP contribution < -0.4 is 11.1 Å². The standard InChI is InChI=1S/C10H12N6S/c1-16-6-13-15-9(16)5-12-8-4-2-3-7(14-8)10(11)17/h2-4,6H,5H2,1H3,(H2,11,17)(H,12,14). The molecule has 0 aliphatic heterocycles. The largest absolute Gasteiger partial charge is 0.388 e. The zero-order chi connectivity index (χ0) is 12.3. The van der Waals surface area contributed by atoms with E-state index in [4.69, 9.17) is 18.0 Å². The molecular formula is C10H12N6S. The molecule has 0 aliphatic carbocycles. The van der Waals surface area contributed by atoms with Crippen molar-refractivity contribution in [1.82, 2.24) is 19.7 Å². The number of rotatable bonds is 4. The summed E-state index contributed by atoms with van der Waals surface area (Å²) in [4.78, 5) is 4.55. The summed E-state index contributed by atoms with van der Waals surface area (Å²) in [6.45, 7) is 0.546. The molecule has 0 aromatic carbocycles. The summed E-state index contributed by atoms with van der Waals surface area (Å²) < 4.78 is 1.84. The van der Waals surface area contributed by atoms with E-state index < -0.39 is 0 Å². The third kappa shape index (κ3) is 2.76. The number of hydrogen-bond acceptors (Lipinski definition) is 5. The fraction of sp³-hybridized carbons (Fsp3) is 0.200. The number of nitrogens with one attached hydrogen (secondary N) is 1. The number of anilines is 1. The maximum Gasteiger partial charge on any atom is 0.151 e. The number of thiocarbonyl (C=S) groups is 1. The Balaban J connectivity index is 2.07. The Morgan fingerprint density at radius 1 is 1.53 bits per heavy atom. The Morgan fingerprint density at radius 3 is 3.00 bits per heavy atom. The molecule has 2 heterocycles. The van der Waals surface area contributed by atoms with Gasteiger partial charge in [0.15, 0.2) is 5.82 Å². The summed E-state index contributed by atoms with van der Waals surface area (Å²) in [6.07, 6.45) is 1.65. The third-order valence-electron chi connectivity index (χ3n) is 2.23. The minimum absolute atomic E-state index is 0.285. The molecule has 0 radical (unpaired) electrons. The van der Waals surface area contributed by atoms with Crippen LogP contribution in [-0.2, 0) is 13.6 Å². The van der Waals surface area contributed by atoms with E-state index in [9.17, 15) is 0 Å². The second-order valence-electron chi connectivity index (χ2n) is 3.48. The second kappa shape index (κ2) is 4.88. The fourth-order valence-corrected chi connectivity index (χ4v) is 1.42. The van der Waals surface area contributed by atoms with Gasteiger partial charge in [0.1, 0.15) is 17.1 Å². The van der Waals surface area contributed by atoms with Crippen molar-refractivity contribution in [1.29, 1.82) is 0 Å². The van der Waals surface area contributed by atoms with Gasteiger partial charge in [-0.1, -0.05) is 18.3 Å². The molecule has 0 aliphatic rings. The van der Waals surface area contributed by atoms with Crippen LogP contribution in [0.1, 0.15) is 11.5 Å². The van der Waals surface area contributed by atoms with E-state index in [-0.39, 0.29) is 4.99 Å². The van der Waals surface area contributed by atoms with Crippen LogP contribution in [0.5, 0.6) is 0 Å². The lowest BCUT2D eigenvalue weighted by Gasteiger charge is -2.06. The molecule has 0 spiro atoms. The molecule has 0 saturated heterocycles. The van der Waals surface area contributed by atoms with Crippen LogP contribution in [0.3, 0.4) is 0 Å². The molecule has 0 atom stereocenters. The molecule has 0 saturated carbocycles. The molecule has 88 valence electrons. The molecule has 0 unspecified atom stereocenters. The van der Waals surface area contributed by atoms with Gasteiger partial charge in [-0.15, -0.1) is 10.2 Å².